The molecule has 0 unspecified atom stereocenters. The standard InChI is InChI=1S/C26H24ClF2N3O4/c27-18-4-3-17(12-19(18)29)36-14-23(34)31-26-9-7-25(8-10-26,13-22(26)33)32-24(35)21-5-1-15-11-16(28)2-6-20(15)30-21/h1-6,11-12,22,33H,7-10,13-14H2,(H,31,34)(H,32,35)/t22-,25?,26?/m0/s1. The smallest absolute Gasteiger partial charge is 0.270 e. The lowest BCUT2D eigenvalue weighted by Gasteiger charge is -2.56. The molecule has 0 saturated heterocycles. The normalized spacial score (nSPS) is 24.9. The Morgan fingerprint density at radius 2 is 1.83 bits per heavy atom. The Kier molecular flexibility index (Phi) is 6.30. The summed E-state index contributed by atoms with van der Waals surface area (Å²) in [7, 11) is 0. The minimum absolute atomic E-state index is 0.0411. The Labute approximate surface area is 210 Å². The van der Waals surface area contributed by atoms with Crippen molar-refractivity contribution in [1.29, 1.82) is 0 Å². The summed E-state index contributed by atoms with van der Waals surface area (Å²) in [6.07, 6.45) is 1.49. The number of halogens is 3. The minimum Gasteiger partial charge on any atom is -0.484 e. The number of amides is 2. The molecule has 2 aromatic carbocycles. The van der Waals surface area contributed by atoms with Crippen LogP contribution in [0.1, 0.15) is 42.6 Å². The van der Waals surface area contributed by atoms with E-state index in [0.717, 1.165) is 6.07 Å². The number of ether oxygens (including phenoxy) is 1. The van der Waals surface area contributed by atoms with E-state index in [-0.39, 0.29) is 41.2 Å². The predicted molar refractivity (Wildman–Crippen MR) is 129 cm³/mol. The third-order valence-electron chi connectivity index (χ3n) is 7.23. The molecule has 188 valence electrons. The molecule has 3 aliphatic carbocycles. The molecule has 1 atom stereocenters. The van der Waals surface area contributed by atoms with Crippen LogP contribution in [0.3, 0.4) is 0 Å². The van der Waals surface area contributed by atoms with Crippen molar-refractivity contribution in [3.8, 4) is 5.75 Å². The quantitative estimate of drug-likeness (QED) is 0.462. The first-order chi connectivity index (χ1) is 17.2. The molecule has 3 N–H and O–H groups in total. The molecule has 3 fully saturated rings. The number of hydrogen-bond acceptors (Lipinski definition) is 5. The molecule has 3 saturated carbocycles. The number of aliphatic hydroxyl groups excluding tert-OH is 1. The summed E-state index contributed by atoms with van der Waals surface area (Å²) in [6.45, 7) is -0.338. The van der Waals surface area contributed by atoms with Crippen LogP contribution in [0.5, 0.6) is 5.75 Å². The zero-order valence-corrected chi connectivity index (χ0v) is 19.9. The molecule has 0 spiro atoms. The van der Waals surface area contributed by atoms with Crippen LogP contribution in [-0.4, -0.2) is 45.7 Å². The van der Waals surface area contributed by atoms with Gasteiger partial charge in [0.05, 0.1) is 22.2 Å². The lowest BCUT2D eigenvalue weighted by atomic mass is 9.60. The van der Waals surface area contributed by atoms with Gasteiger partial charge in [0.15, 0.2) is 6.61 Å². The Balaban J connectivity index is 1.20. The summed E-state index contributed by atoms with van der Waals surface area (Å²) in [5.41, 5.74) is -0.702. The molecule has 36 heavy (non-hydrogen) atoms. The summed E-state index contributed by atoms with van der Waals surface area (Å²) in [4.78, 5) is 29.9. The van der Waals surface area contributed by atoms with Crippen molar-refractivity contribution in [2.45, 2.75) is 49.3 Å². The minimum atomic E-state index is -0.871. The lowest BCUT2D eigenvalue weighted by molar-refractivity contribution is -0.132. The molecule has 2 amide bonds. The van der Waals surface area contributed by atoms with Crippen molar-refractivity contribution in [2.24, 2.45) is 0 Å². The number of benzene rings is 2. The van der Waals surface area contributed by atoms with E-state index < -0.39 is 28.9 Å². The summed E-state index contributed by atoms with van der Waals surface area (Å²) < 4.78 is 32.4. The SMILES string of the molecule is O=C(COc1ccc(Cl)c(F)c1)NC12CCC(NC(=O)c3ccc4cc(F)ccc4n3)(CC1)C[C@@H]2O. The molecular formula is C26H24ClF2N3O4. The Morgan fingerprint density at radius 1 is 1.06 bits per heavy atom. The number of pyridine rings is 1. The molecule has 3 aliphatic rings. The van der Waals surface area contributed by atoms with Gasteiger partial charge in [-0.3, -0.25) is 9.59 Å². The molecule has 3 aromatic rings. The van der Waals surface area contributed by atoms with Crippen LogP contribution in [0.2, 0.25) is 5.02 Å². The van der Waals surface area contributed by atoms with Crippen molar-refractivity contribution in [1.82, 2.24) is 15.6 Å². The van der Waals surface area contributed by atoms with Crippen molar-refractivity contribution in [3.63, 3.8) is 0 Å². The van der Waals surface area contributed by atoms with Gasteiger partial charge in [0.25, 0.3) is 11.8 Å². The fraction of sp³-hybridized carbons (Fsp3) is 0.346. The number of nitrogens with one attached hydrogen (secondary N) is 2. The van der Waals surface area contributed by atoms with Crippen molar-refractivity contribution < 1.29 is 28.2 Å². The van der Waals surface area contributed by atoms with Gasteiger partial charge in [-0.05, 0) is 68.5 Å². The van der Waals surface area contributed by atoms with E-state index in [1.807, 2.05) is 0 Å². The molecule has 0 radical (unpaired) electrons. The van der Waals surface area contributed by atoms with E-state index in [9.17, 15) is 23.5 Å². The number of nitrogens with zero attached hydrogens (tertiary/aromatic N) is 1. The van der Waals surface area contributed by atoms with Crippen molar-refractivity contribution >= 4 is 34.3 Å². The van der Waals surface area contributed by atoms with Gasteiger partial charge in [-0.15, -0.1) is 0 Å². The maximum absolute atomic E-state index is 13.6. The topological polar surface area (TPSA) is 101 Å². The molecule has 2 bridgehead atoms. The van der Waals surface area contributed by atoms with Gasteiger partial charge in [-0.2, -0.15) is 0 Å². The molecule has 6 rings (SSSR count). The van der Waals surface area contributed by atoms with Gasteiger partial charge < -0.3 is 20.5 Å². The second kappa shape index (κ2) is 9.29. The lowest BCUT2D eigenvalue weighted by Crippen LogP contribution is -2.70. The zero-order valence-electron chi connectivity index (χ0n) is 19.2. The Bertz CT molecular complexity index is 1340. The van der Waals surface area contributed by atoms with Gasteiger partial charge in [0, 0.05) is 17.0 Å². The number of fused-ring (bicyclic) bond motifs is 4. The maximum atomic E-state index is 13.6. The first-order valence-corrected chi connectivity index (χ1v) is 12.0. The first kappa shape index (κ1) is 24.4. The van der Waals surface area contributed by atoms with E-state index in [2.05, 4.69) is 15.6 Å². The Hall–Kier alpha value is -3.30. The third kappa shape index (κ3) is 4.73. The monoisotopic (exact) mass is 515 g/mol. The first-order valence-electron chi connectivity index (χ1n) is 11.6. The molecule has 0 aliphatic heterocycles. The largest absolute Gasteiger partial charge is 0.484 e. The number of rotatable bonds is 6. The highest BCUT2D eigenvalue weighted by Crippen LogP contribution is 2.47. The number of hydrogen-bond donors (Lipinski definition) is 3. The summed E-state index contributed by atoms with van der Waals surface area (Å²) in [6, 6.07) is 11.3. The van der Waals surface area contributed by atoms with Crippen LogP contribution in [-0.2, 0) is 4.79 Å². The average Bonchev–Trinajstić information content (AvgIpc) is 2.85. The highest BCUT2D eigenvalue weighted by Gasteiger charge is 2.55. The molecule has 10 heteroatoms. The van der Waals surface area contributed by atoms with Crippen LogP contribution in [0.25, 0.3) is 10.9 Å². The number of aliphatic hydroxyl groups is 1. The fourth-order valence-electron chi connectivity index (χ4n) is 5.22. The maximum Gasteiger partial charge on any atom is 0.270 e. The van der Waals surface area contributed by atoms with Gasteiger partial charge in [0.2, 0.25) is 0 Å². The summed E-state index contributed by atoms with van der Waals surface area (Å²) in [5.74, 6) is -1.64. The molecule has 1 aromatic heterocycles. The highest BCUT2D eigenvalue weighted by atomic mass is 35.5. The average molecular weight is 516 g/mol. The fourth-order valence-corrected chi connectivity index (χ4v) is 5.34. The summed E-state index contributed by atoms with van der Waals surface area (Å²) in [5, 5.41) is 17.5. The van der Waals surface area contributed by atoms with Crippen LogP contribution in [0, 0.1) is 11.6 Å². The highest BCUT2D eigenvalue weighted by molar-refractivity contribution is 6.30. The summed E-state index contributed by atoms with van der Waals surface area (Å²) >= 11 is 5.66. The second-order valence-corrected chi connectivity index (χ2v) is 9.96. The second-order valence-electron chi connectivity index (χ2n) is 9.56. The predicted octanol–water partition coefficient (Wildman–Crippen LogP) is 3.91. The molecular weight excluding hydrogens is 492 g/mol. The van der Waals surface area contributed by atoms with E-state index in [1.165, 1.54) is 30.3 Å². The third-order valence-corrected chi connectivity index (χ3v) is 7.54. The van der Waals surface area contributed by atoms with E-state index in [0.29, 0.717) is 36.6 Å². The number of aromatic nitrogens is 1. The van der Waals surface area contributed by atoms with Gasteiger partial charge in [-0.1, -0.05) is 17.7 Å². The van der Waals surface area contributed by atoms with E-state index in [1.54, 1.807) is 12.1 Å². The Morgan fingerprint density at radius 3 is 2.56 bits per heavy atom. The van der Waals surface area contributed by atoms with Gasteiger partial charge in [-0.25, -0.2) is 13.8 Å². The van der Waals surface area contributed by atoms with Crippen molar-refractivity contribution in [2.75, 3.05) is 6.61 Å². The van der Waals surface area contributed by atoms with Crippen LogP contribution in [0.15, 0.2) is 48.5 Å². The molecule has 7 nitrogen and oxygen atoms in total. The zero-order chi connectivity index (χ0) is 25.5. The van der Waals surface area contributed by atoms with E-state index in [4.69, 9.17) is 16.3 Å². The van der Waals surface area contributed by atoms with E-state index >= 15 is 0 Å². The van der Waals surface area contributed by atoms with Crippen LogP contribution >= 0.6 is 11.6 Å². The van der Waals surface area contributed by atoms with Crippen LogP contribution in [0.4, 0.5) is 8.78 Å². The molecule has 1 heterocycles. The van der Waals surface area contributed by atoms with Crippen LogP contribution < -0.4 is 15.4 Å². The van der Waals surface area contributed by atoms with Gasteiger partial charge >= 0.3 is 0 Å². The number of carbonyl (C=O) groups excluding carboxylic acids is 2. The van der Waals surface area contributed by atoms with Crippen molar-refractivity contribution in [3.05, 3.63) is 70.9 Å². The van der Waals surface area contributed by atoms with Gasteiger partial charge in [0.1, 0.15) is 23.1 Å². The number of carbonyl (C=O) groups is 2.